The molecule has 0 atom stereocenters. The summed E-state index contributed by atoms with van der Waals surface area (Å²) in [6.07, 6.45) is 0. The molecule has 0 fully saturated rings. The third-order valence-electron chi connectivity index (χ3n) is 2.31. The molecule has 3 nitrogen and oxygen atoms in total. The average molecular weight is 339 g/mol. The van der Waals surface area contributed by atoms with Crippen LogP contribution in [-0.4, -0.2) is 10.9 Å². The second-order valence-corrected chi connectivity index (χ2v) is 7.04. The van der Waals surface area contributed by atoms with E-state index in [1.165, 1.54) is 22.7 Å². The first-order valence-corrected chi connectivity index (χ1v) is 7.57. The lowest BCUT2D eigenvalue weighted by molar-refractivity contribution is 0.103. The summed E-state index contributed by atoms with van der Waals surface area (Å²) in [5, 5.41) is 3.45. The Labute approximate surface area is 120 Å². The van der Waals surface area contributed by atoms with Crippen LogP contribution in [0.5, 0.6) is 0 Å². The van der Waals surface area contributed by atoms with Crippen molar-refractivity contribution in [1.82, 2.24) is 4.98 Å². The van der Waals surface area contributed by atoms with Crippen molar-refractivity contribution in [2.75, 3.05) is 5.32 Å². The van der Waals surface area contributed by atoms with Crippen molar-refractivity contribution in [2.24, 2.45) is 0 Å². The number of fused-ring (bicyclic) bond motifs is 1. The summed E-state index contributed by atoms with van der Waals surface area (Å²) in [5.74, 6) is -0.121. The standard InChI is InChI=1S/C12H7BrN2OS2/c13-10-6-5-9(17-10)11(16)15-12-14-7-3-1-2-4-8(7)18-12/h1-6H,(H,14,15,16). The third kappa shape index (κ3) is 2.31. The molecule has 0 radical (unpaired) electrons. The van der Waals surface area contributed by atoms with Crippen LogP contribution in [0.4, 0.5) is 5.13 Å². The molecular formula is C12H7BrN2OS2. The lowest BCUT2D eigenvalue weighted by Gasteiger charge is -1.96. The fourth-order valence-corrected chi connectivity index (χ4v) is 3.66. The summed E-state index contributed by atoms with van der Waals surface area (Å²) in [4.78, 5) is 17.0. The number of aromatic nitrogens is 1. The van der Waals surface area contributed by atoms with Gasteiger partial charge >= 0.3 is 0 Å². The monoisotopic (exact) mass is 338 g/mol. The van der Waals surface area contributed by atoms with E-state index in [2.05, 4.69) is 26.2 Å². The lowest BCUT2D eigenvalue weighted by atomic mass is 10.3. The van der Waals surface area contributed by atoms with Gasteiger partial charge in [0.15, 0.2) is 5.13 Å². The molecule has 2 aromatic heterocycles. The van der Waals surface area contributed by atoms with Gasteiger partial charge in [0.25, 0.3) is 5.91 Å². The van der Waals surface area contributed by atoms with E-state index in [9.17, 15) is 4.79 Å². The molecule has 2 heterocycles. The van der Waals surface area contributed by atoms with E-state index in [4.69, 9.17) is 0 Å². The molecule has 0 saturated carbocycles. The minimum atomic E-state index is -0.121. The Morgan fingerprint density at radius 1 is 1.17 bits per heavy atom. The third-order valence-corrected chi connectivity index (χ3v) is 4.89. The normalized spacial score (nSPS) is 10.7. The van der Waals surface area contributed by atoms with Crippen molar-refractivity contribution in [3.05, 3.63) is 45.1 Å². The molecule has 0 saturated heterocycles. The van der Waals surface area contributed by atoms with Crippen LogP contribution in [0.2, 0.25) is 0 Å². The summed E-state index contributed by atoms with van der Waals surface area (Å²) in [6, 6.07) is 11.5. The quantitative estimate of drug-likeness (QED) is 0.753. The zero-order chi connectivity index (χ0) is 12.5. The Morgan fingerprint density at radius 2 is 2.00 bits per heavy atom. The van der Waals surface area contributed by atoms with Crippen molar-refractivity contribution in [2.45, 2.75) is 0 Å². The molecule has 1 aromatic carbocycles. The number of hydrogen-bond donors (Lipinski definition) is 1. The minimum Gasteiger partial charge on any atom is -0.297 e. The summed E-state index contributed by atoms with van der Waals surface area (Å²) in [6.45, 7) is 0. The minimum absolute atomic E-state index is 0.121. The smallest absolute Gasteiger partial charge is 0.267 e. The van der Waals surface area contributed by atoms with E-state index in [1.54, 1.807) is 6.07 Å². The van der Waals surface area contributed by atoms with Gasteiger partial charge in [-0.15, -0.1) is 11.3 Å². The van der Waals surface area contributed by atoms with Crippen molar-refractivity contribution in [1.29, 1.82) is 0 Å². The fourth-order valence-electron chi connectivity index (χ4n) is 1.52. The van der Waals surface area contributed by atoms with E-state index in [-0.39, 0.29) is 5.91 Å². The Hall–Kier alpha value is -1.24. The molecule has 3 aromatic rings. The van der Waals surface area contributed by atoms with E-state index >= 15 is 0 Å². The number of thiophene rings is 1. The van der Waals surface area contributed by atoms with Crippen molar-refractivity contribution in [3.8, 4) is 0 Å². The molecule has 0 aliphatic heterocycles. The highest BCUT2D eigenvalue weighted by Crippen LogP contribution is 2.27. The predicted octanol–water partition coefficient (Wildman–Crippen LogP) is 4.37. The molecule has 0 aliphatic carbocycles. The topological polar surface area (TPSA) is 42.0 Å². The number of rotatable bonds is 2. The Morgan fingerprint density at radius 3 is 2.72 bits per heavy atom. The second-order valence-electron chi connectivity index (χ2n) is 3.54. The molecule has 1 amide bonds. The number of nitrogens with one attached hydrogen (secondary N) is 1. The van der Waals surface area contributed by atoms with E-state index < -0.39 is 0 Å². The van der Waals surface area contributed by atoms with Crippen LogP contribution in [0.3, 0.4) is 0 Å². The SMILES string of the molecule is O=C(Nc1nc2ccccc2s1)c1ccc(Br)s1. The largest absolute Gasteiger partial charge is 0.297 e. The van der Waals surface area contributed by atoms with Crippen LogP contribution in [0.15, 0.2) is 40.2 Å². The number of amides is 1. The van der Waals surface area contributed by atoms with Crippen molar-refractivity contribution >= 4 is 59.9 Å². The van der Waals surface area contributed by atoms with Gasteiger partial charge in [-0.3, -0.25) is 10.1 Å². The van der Waals surface area contributed by atoms with Gasteiger partial charge in [-0.1, -0.05) is 23.5 Å². The molecular weight excluding hydrogens is 332 g/mol. The zero-order valence-electron chi connectivity index (χ0n) is 9.01. The van der Waals surface area contributed by atoms with Gasteiger partial charge in [0.1, 0.15) is 0 Å². The molecule has 1 N–H and O–H groups in total. The van der Waals surface area contributed by atoms with Crippen LogP contribution in [0, 0.1) is 0 Å². The van der Waals surface area contributed by atoms with E-state index in [0.29, 0.717) is 10.0 Å². The summed E-state index contributed by atoms with van der Waals surface area (Å²) >= 11 is 6.22. The summed E-state index contributed by atoms with van der Waals surface area (Å²) in [7, 11) is 0. The van der Waals surface area contributed by atoms with Crippen molar-refractivity contribution < 1.29 is 4.79 Å². The van der Waals surface area contributed by atoms with Crippen LogP contribution in [0.25, 0.3) is 10.2 Å². The predicted molar refractivity (Wildman–Crippen MR) is 79.6 cm³/mol. The van der Waals surface area contributed by atoms with Gasteiger partial charge in [0, 0.05) is 0 Å². The zero-order valence-corrected chi connectivity index (χ0v) is 12.2. The number of para-hydroxylation sites is 1. The number of carbonyl (C=O) groups excluding carboxylic acids is 1. The molecule has 0 spiro atoms. The summed E-state index contributed by atoms with van der Waals surface area (Å²) in [5.41, 5.74) is 0.908. The number of halogens is 1. The maximum Gasteiger partial charge on any atom is 0.267 e. The van der Waals surface area contributed by atoms with E-state index in [0.717, 1.165) is 14.0 Å². The second kappa shape index (κ2) is 4.79. The lowest BCUT2D eigenvalue weighted by Crippen LogP contribution is -2.09. The van der Waals surface area contributed by atoms with Crippen LogP contribution in [-0.2, 0) is 0 Å². The molecule has 90 valence electrons. The molecule has 3 rings (SSSR count). The van der Waals surface area contributed by atoms with Crippen molar-refractivity contribution in [3.63, 3.8) is 0 Å². The number of thiazole rings is 1. The van der Waals surface area contributed by atoms with Gasteiger partial charge in [0.05, 0.1) is 18.9 Å². The number of carbonyl (C=O) groups is 1. The highest BCUT2D eigenvalue weighted by atomic mass is 79.9. The molecule has 0 bridgehead atoms. The maximum absolute atomic E-state index is 11.9. The Kier molecular flexibility index (Phi) is 3.15. The first kappa shape index (κ1) is 11.8. The highest BCUT2D eigenvalue weighted by Gasteiger charge is 2.11. The van der Waals surface area contributed by atoms with Gasteiger partial charge in [-0.25, -0.2) is 4.98 Å². The highest BCUT2D eigenvalue weighted by molar-refractivity contribution is 9.11. The van der Waals surface area contributed by atoms with Crippen LogP contribution >= 0.6 is 38.6 Å². The molecule has 0 unspecified atom stereocenters. The van der Waals surface area contributed by atoms with Crippen LogP contribution < -0.4 is 5.32 Å². The average Bonchev–Trinajstić information content (AvgIpc) is 2.94. The molecule has 0 aliphatic rings. The first-order chi connectivity index (χ1) is 8.72. The number of nitrogens with zero attached hydrogens (tertiary/aromatic N) is 1. The summed E-state index contributed by atoms with van der Waals surface area (Å²) < 4.78 is 2.01. The Balaban J connectivity index is 1.86. The van der Waals surface area contributed by atoms with Gasteiger partial charge < -0.3 is 0 Å². The number of hydrogen-bond acceptors (Lipinski definition) is 4. The first-order valence-electron chi connectivity index (χ1n) is 5.14. The maximum atomic E-state index is 11.9. The number of benzene rings is 1. The van der Waals surface area contributed by atoms with Gasteiger partial charge in [-0.2, -0.15) is 0 Å². The number of anilines is 1. The van der Waals surface area contributed by atoms with Crippen LogP contribution in [0.1, 0.15) is 9.67 Å². The fraction of sp³-hybridized carbons (Fsp3) is 0. The van der Waals surface area contributed by atoms with E-state index in [1.807, 2.05) is 30.3 Å². The molecule has 6 heteroatoms. The van der Waals surface area contributed by atoms with Gasteiger partial charge in [0.2, 0.25) is 0 Å². The molecule has 18 heavy (non-hydrogen) atoms. The Bertz CT molecular complexity index is 687. The van der Waals surface area contributed by atoms with Gasteiger partial charge in [-0.05, 0) is 40.2 Å².